The Morgan fingerprint density at radius 3 is 2.26 bits per heavy atom. The normalized spacial score (nSPS) is 16.3. The van der Waals surface area contributed by atoms with Crippen LogP contribution in [0.5, 0.6) is 11.5 Å². The van der Waals surface area contributed by atoms with Crippen LogP contribution < -0.4 is 9.47 Å². The fourth-order valence-electron chi connectivity index (χ4n) is 2.48. The molecule has 1 aromatic rings. The zero-order valence-electron chi connectivity index (χ0n) is 12.9. The zero-order valence-corrected chi connectivity index (χ0v) is 12.9. The Hall–Kier alpha value is -1.92. The second-order valence-electron chi connectivity index (χ2n) is 5.49. The van der Waals surface area contributed by atoms with Gasteiger partial charge >= 0.3 is 6.18 Å². The average molecular weight is 331 g/mol. The molecule has 0 atom stereocenters. The van der Waals surface area contributed by atoms with Crippen LogP contribution >= 0.6 is 0 Å². The molecule has 1 amide bonds. The van der Waals surface area contributed by atoms with Crippen molar-refractivity contribution in [3.05, 3.63) is 24.3 Å². The van der Waals surface area contributed by atoms with E-state index in [1.165, 1.54) is 4.90 Å². The molecule has 128 valence electrons. The monoisotopic (exact) mass is 331 g/mol. The molecular weight excluding hydrogens is 311 g/mol. The largest absolute Gasteiger partial charge is 0.497 e. The molecule has 0 saturated carbocycles. The van der Waals surface area contributed by atoms with E-state index in [1.807, 2.05) is 0 Å². The summed E-state index contributed by atoms with van der Waals surface area (Å²) in [5, 5.41) is 0. The maximum absolute atomic E-state index is 12.1. The molecule has 0 aromatic heterocycles. The summed E-state index contributed by atoms with van der Waals surface area (Å²) < 4.78 is 47.3. The SMILES string of the molecule is COc1ccc(OC2CCN(C(=O)CCC(F)(F)F)CC2)cc1. The molecule has 0 radical (unpaired) electrons. The first-order valence-corrected chi connectivity index (χ1v) is 7.52. The van der Waals surface area contributed by atoms with Crippen molar-refractivity contribution in [2.75, 3.05) is 20.2 Å². The van der Waals surface area contributed by atoms with Crippen LogP contribution in [0, 0.1) is 0 Å². The Morgan fingerprint density at radius 2 is 1.74 bits per heavy atom. The van der Waals surface area contributed by atoms with Crippen molar-refractivity contribution < 1.29 is 27.4 Å². The molecule has 1 aliphatic rings. The summed E-state index contributed by atoms with van der Waals surface area (Å²) in [5.41, 5.74) is 0. The molecule has 1 aromatic carbocycles. The first-order chi connectivity index (χ1) is 10.9. The highest BCUT2D eigenvalue weighted by molar-refractivity contribution is 5.76. The van der Waals surface area contributed by atoms with Gasteiger partial charge in [0.15, 0.2) is 0 Å². The summed E-state index contributed by atoms with van der Waals surface area (Å²) in [5.74, 6) is 1.01. The quantitative estimate of drug-likeness (QED) is 0.830. The summed E-state index contributed by atoms with van der Waals surface area (Å²) >= 11 is 0. The first-order valence-electron chi connectivity index (χ1n) is 7.52. The summed E-state index contributed by atoms with van der Waals surface area (Å²) in [4.78, 5) is 13.2. The molecule has 0 N–H and O–H groups in total. The number of methoxy groups -OCH3 is 1. The van der Waals surface area contributed by atoms with E-state index in [2.05, 4.69) is 0 Å². The van der Waals surface area contributed by atoms with Crippen molar-refractivity contribution in [3.63, 3.8) is 0 Å². The van der Waals surface area contributed by atoms with E-state index in [9.17, 15) is 18.0 Å². The molecule has 0 spiro atoms. The van der Waals surface area contributed by atoms with Gasteiger partial charge < -0.3 is 14.4 Å². The van der Waals surface area contributed by atoms with Crippen molar-refractivity contribution in [3.8, 4) is 11.5 Å². The van der Waals surface area contributed by atoms with Crippen molar-refractivity contribution in [1.82, 2.24) is 4.90 Å². The Morgan fingerprint density at radius 1 is 1.17 bits per heavy atom. The van der Waals surface area contributed by atoms with E-state index in [0.717, 1.165) is 5.75 Å². The summed E-state index contributed by atoms with van der Waals surface area (Å²) in [6.45, 7) is 0.856. The molecule has 0 aliphatic carbocycles. The van der Waals surface area contributed by atoms with Crippen LogP contribution in [0.4, 0.5) is 13.2 Å². The first kappa shape index (κ1) is 17.4. The highest BCUT2D eigenvalue weighted by Crippen LogP contribution is 2.24. The highest BCUT2D eigenvalue weighted by atomic mass is 19.4. The van der Waals surface area contributed by atoms with Gasteiger partial charge in [0.2, 0.25) is 5.91 Å². The third-order valence-electron chi connectivity index (χ3n) is 3.78. The van der Waals surface area contributed by atoms with E-state index in [4.69, 9.17) is 9.47 Å². The van der Waals surface area contributed by atoms with Crippen LogP contribution in [0.3, 0.4) is 0 Å². The maximum Gasteiger partial charge on any atom is 0.389 e. The lowest BCUT2D eigenvalue weighted by Gasteiger charge is -2.32. The Labute approximate surface area is 133 Å². The van der Waals surface area contributed by atoms with Crippen LogP contribution in [-0.4, -0.2) is 43.3 Å². The van der Waals surface area contributed by atoms with Crippen molar-refractivity contribution >= 4 is 5.91 Å². The minimum Gasteiger partial charge on any atom is -0.497 e. The topological polar surface area (TPSA) is 38.8 Å². The van der Waals surface area contributed by atoms with Crippen molar-refractivity contribution in [1.29, 1.82) is 0 Å². The molecule has 1 fully saturated rings. The predicted octanol–water partition coefficient (Wildman–Crippen LogP) is 3.41. The summed E-state index contributed by atoms with van der Waals surface area (Å²) in [6.07, 6.45) is -4.63. The summed E-state index contributed by atoms with van der Waals surface area (Å²) in [6, 6.07) is 7.20. The molecule has 23 heavy (non-hydrogen) atoms. The van der Waals surface area contributed by atoms with Gasteiger partial charge in [-0.2, -0.15) is 13.2 Å². The van der Waals surface area contributed by atoms with Gasteiger partial charge in [0.05, 0.1) is 13.5 Å². The maximum atomic E-state index is 12.1. The smallest absolute Gasteiger partial charge is 0.389 e. The number of piperidine rings is 1. The minimum atomic E-state index is -4.29. The number of carbonyl (C=O) groups excluding carboxylic acids is 1. The number of likely N-dealkylation sites (tertiary alicyclic amines) is 1. The fraction of sp³-hybridized carbons (Fsp3) is 0.562. The summed E-state index contributed by atoms with van der Waals surface area (Å²) in [7, 11) is 1.58. The fourth-order valence-corrected chi connectivity index (χ4v) is 2.48. The minimum absolute atomic E-state index is 0.0324. The Kier molecular flexibility index (Phi) is 5.74. The Balaban J connectivity index is 1.75. The number of rotatable bonds is 5. The number of carbonyl (C=O) groups is 1. The zero-order chi connectivity index (χ0) is 16.9. The van der Waals surface area contributed by atoms with Crippen molar-refractivity contribution in [2.24, 2.45) is 0 Å². The van der Waals surface area contributed by atoms with E-state index >= 15 is 0 Å². The number of nitrogens with zero attached hydrogens (tertiary/aromatic N) is 1. The Bertz CT molecular complexity index is 508. The van der Waals surface area contributed by atoms with E-state index in [1.54, 1.807) is 31.4 Å². The molecule has 4 nitrogen and oxygen atoms in total. The molecule has 1 saturated heterocycles. The average Bonchev–Trinajstić information content (AvgIpc) is 2.53. The van der Waals surface area contributed by atoms with Gasteiger partial charge in [0, 0.05) is 32.4 Å². The van der Waals surface area contributed by atoms with Gasteiger partial charge in [-0.25, -0.2) is 0 Å². The second-order valence-corrected chi connectivity index (χ2v) is 5.49. The van der Waals surface area contributed by atoms with Gasteiger partial charge in [-0.3, -0.25) is 4.79 Å². The number of halogens is 3. The van der Waals surface area contributed by atoms with Gasteiger partial charge in [-0.15, -0.1) is 0 Å². The third-order valence-corrected chi connectivity index (χ3v) is 3.78. The lowest BCUT2D eigenvalue weighted by atomic mass is 10.1. The third kappa shape index (κ3) is 5.65. The van der Waals surface area contributed by atoms with Crippen molar-refractivity contribution in [2.45, 2.75) is 38.0 Å². The van der Waals surface area contributed by atoms with Crippen LogP contribution in [0.15, 0.2) is 24.3 Å². The van der Waals surface area contributed by atoms with Gasteiger partial charge in [-0.05, 0) is 24.3 Å². The molecule has 1 heterocycles. The lowest BCUT2D eigenvalue weighted by molar-refractivity contribution is -0.150. The van der Waals surface area contributed by atoms with Gasteiger partial charge in [0.25, 0.3) is 0 Å². The number of hydrogen-bond donors (Lipinski definition) is 0. The van der Waals surface area contributed by atoms with Gasteiger partial charge in [-0.1, -0.05) is 0 Å². The molecular formula is C16H20F3NO3. The molecule has 0 bridgehead atoms. The highest BCUT2D eigenvalue weighted by Gasteiger charge is 2.30. The van der Waals surface area contributed by atoms with Crippen LogP contribution in [-0.2, 0) is 4.79 Å². The number of hydrogen-bond acceptors (Lipinski definition) is 3. The number of amides is 1. The van der Waals surface area contributed by atoms with E-state index in [0.29, 0.717) is 31.7 Å². The van der Waals surface area contributed by atoms with Crippen LogP contribution in [0.1, 0.15) is 25.7 Å². The van der Waals surface area contributed by atoms with E-state index < -0.39 is 24.9 Å². The number of ether oxygens (including phenoxy) is 2. The predicted molar refractivity (Wildman–Crippen MR) is 78.5 cm³/mol. The van der Waals surface area contributed by atoms with Crippen LogP contribution in [0.25, 0.3) is 0 Å². The molecule has 2 rings (SSSR count). The number of benzene rings is 1. The standard InChI is InChI=1S/C16H20F3NO3/c1-22-12-2-4-13(5-3-12)23-14-7-10-20(11-8-14)15(21)6-9-16(17,18)19/h2-5,14H,6-11H2,1H3. The number of alkyl halides is 3. The van der Waals surface area contributed by atoms with E-state index in [-0.39, 0.29) is 6.10 Å². The van der Waals surface area contributed by atoms with Gasteiger partial charge in [0.1, 0.15) is 17.6 Å². The second kappa shape index (κ2) is 7.57. The molecule has 1 aliphatic heterocycles. The van der Waals surface area contributed by atoms with Crippen LogP contribution in [0.2, 0.25) is 0 Å². The molecule has 0 unspecified atom stereocenters. The molecule has 7 heteroatoms. The lowest BCUT2D eigenvalue weighted by Crippen LogP contribution is -2.42.